The van der Waals surface area contributed by atoms with Crippen molar-refractivity contribution in [2.24, 2.45) is 0 Å². The summed E-state index contributed by atoms with van der Waals surface area (Å²) in [7, 11) is 0. The van der Waals surface area contributed by atoms with Crippen LogP contribution in [0.15, 0.2) is 42.9 Å². The molecule has 2 aromatic rings. The van der Waals surface area contributed by atoms with E-state index in [0.29, 0.717) is 16.3 Å². The highest BCUT2D eigenvalue weighted by atomic mass is 35.5. The minimum atomic E-state index is -0.754. The summed E-state index contributed by atoms with van der Waals surface area (Å²) in [6.45, 7) is 0. The van der Waals surface area contributed by atoms with Crippen molar-refractivity contribution < 1.29 is 5.11 Å². The number of aromatic nitrogens is 2. The van der Waals surface area contributed by atoms with Crippen molar-refractivity contribution >= 4 is 11.6 Å². The molecule has 0 aliphatic carbocycles. The molecule has 76 valence electrons. The van der Waals surface area contributed by atoms with Gasteiger partial charge >= 0.3 is 0 Å². The summed E-state index contributed by atoms with van der Waals surface area (Å²) in [6, 6.07) is 6.96. The lowest BCUT2D eigenvalue weighted by Crippen LogP contribution is -2.01. The Morgan fingerprint density at radius 3 is 2.67 bits per heavy atom. The molecule has 2 aromatic heterocycles. The smallest absolute Gasteiger partial charge is 0.122 e. The van der Waals surface area contributed by atoms with Gasteiger partial charge in [-0.3, -0.25) is 9.97 Å². The molecule has 4 heteroatoms. The second kappa shape index (κ2) is 4.38. The van der Waals surface area contributed by atoms with Gasteiger partial charge in [-0.15, -0.1) is 0 Å². The minimum absolute atomic E-state index is 0.553. The van der Waals surface area contributed by atoms with Crippen LogP contribution < -0.4 is 0 Å². The van der Waals surface area contributed by atoms with E-state index < -0.39 is 6.10 Å². The maximum absolute atomic E-state index is 9.94. The van der Waals surface area contributed by atoms with Crippen LogP contribution in [-0.2, 0) is 0 Å². The molecule has 0 aliphatic rings. The summed E-state index contributed by atoms with van der Waals surface area (Å²) in [4.78, 5) is 7.98. The van der Waals surface area contributed by atoms with E-state index in [9.17, 15) is 5.11 Å². The highest BCUT2D eigenvalue weighted by Crippen LogP contribution is 2.19. The summed E-state index contributed by atoms with van der Waals surface area (Å²) < 4.78 is 0. The molecule has 0 fully saturated rings. The topological polar surface area (TPSA) is 46.0 Å². The van der Waals surface area contributed by atoms with Gasteiger partial charge in [0.25, 0.3) is 0 Å². The lowest BCUT2D eigenvalue weighted by Gasteiger charge is -2.09. The van der Waals surface area contributed by atoms with Gasteiger partial charge in [0.2, 0.25) is 0 Å². The van der Waals surface area contributed by atoms with Crippen LogP contribution in [-0.4, -0.2) is 15.1 Å². The molecule has 2 heterocycles. The molecule has 15 heavy (non-hydrogen) atoms. The average Bonchev–Trinajstić information content (AvgIpc) is 2.30. The Morgan fingerprint density at radius 1 is 1.20 bits per heavy atom. The standard InChI is InChI=1S/C11H9ClN2O/c12-9-3-4-10(14-7-9)11(15)8-2-1-5-13-6-8/h1-7,11,15H. The molecule has 0 aliphatic heterocycles. The first-order valence-corrected chi connectivity index (χ1v) is 4.84. The van der Waals surface area contributed by atoms with E-state index in [1.807, 2.05) is 0 Å². The van der Waals surface area contributed by atoms with Gasteiger partial charge in [0.1, 0.15) is 6.10 Å². The fourth-order valence-corrected chi connectivity index (χ4v) is 1.37. The molecule has 0 aromatic carbocycles. The third kappa shape index (κ3) is 2.32. The Bertz CT molecular complexity index is 430. The predicted molar refractivity (Wildman–Crippen MR) is 57.5 cm³/mol. The first-order chi connectivity index (χ1) is 7.27. The van der Waals surface area contributed by atoms with E-state index in [2.05, 4.69) is 9.97 Å². The molecule has 1 unspecified atom stereocenters. The van der Waals surface area contributed by atoms with Gasteiger partial charge in [-0.25, -0.2) is 0 Å². The van der Waals surface area contributed by atoms with Crippen LogP contribution in [0.3, 0.4) is 0 Å². The largest absolute Gasteiger partial charge is 0.382 e. The van der Waals surface area contributed by atoms with Crippen LogP contribution >= 0.6 is 11.6 Å². The maximum atomic E-state index is 9.94. The number of rotatable bonds is 2. The van der Waals surface area contributed by atoms with Gasteiger partial charge in [0, 0.05) is 24.2 Å². The summed E-state index contributed by atoms with van der Waals surface area (Å²) in [5.41, 5.74) is 1.28. The quantitative estimate of drug-likeness (QED) is 0.844. The fraction of sp³-hybridized carbons (Fsp3) is 0.0909. The second-order valence-electron chi connectivity index (χ2n) is 3.09. The van der Waals surface area contributed by atoms with Crippen LogP contribution in [0.4, 0.5) is 0 Å². The lowest BCUT2D eigenvalue weighted by atomic mass is 10.1. The number of pyridine rings is 2. The Labute approximate surface area is 92.4 Å². The summed E-state index contributed by atoms with van der Waals surface area (Å²) >= 11 is 5.71. The molecular weight excluding hydrogens is 212 g/mol. The van der Waals surface area contributed by atoms with Crippen LogP contribution in [0.5, 0.6) is 0 Å². The Balaban J connectivity index is 2.29. The van der Waals surface area contributed by atoms with E-state index >= 15 is 0 Å². The SMILES string of the molecule is OC(c1cccnc1)c1ccc(Cl)cn1. The van der Waals surface area contributed by atoms with E-state index in [0.717, 1.165) is 0 Å². The number of aliphatic hydroxyl groups excluding tert-OH is 1. The molecule has 0 saturated heterocycles. The van der Waals surface area contributed by atoms with E-state index in [-0.39, 0.29) is 0 Å². The van der Waals surface area contributed by atoms with E-state index in [4.69, 9.17) is 11.6 Å². The van der Waals surface area contributed by atoms with Crippen LogP contribution in [0, 0.1) is 0 Å². The van der Waals surface area contributed by atoms with Gasteiger partial charge in [-0.05, 0) is 18.2 Å². The highest BCUT2D eigenvalue weighted by Gasteiger charge is 2.10. The third-order valence-electron chi connectivity index (χ3n) is 2.03. The highest BCUT2D eigenvalue weighted by molar-refractivity contribution is 6.30. The monoisotopic (exact) mass is 220 g/mol. The Kier molecular flexibility index (Phi) is 2.94. The van der Waals surface area contributed by atoms with E-state index in [1.54, 1.807) is 36.7 Å². The average molecular weight is 221 g/mol. The first kappa shape index (κ1) is 10.1. The fourth-order valence-electron chi connectivity index (χ4n) is 1.26. The van der Waals surface area contributed by atoms with Crippen molar-refractivity contribution in [1.82, 2.24) is 9.97 Å². The Morgan fingerprint density at radius 2 is 2.07 bits per heavy atom. The number of hydrogen-bond acceptors (Lipinski definition) is 3. The molecule has 0 saturated carbocycles. The molecule has 0 radical (unpaired) electrons. The molecule has 3 nitrogen and oxygen atoms in total. The number of halogens is 1. The van der Waals surface area contributed by atoms with Gasteiger partial charge in [-0.1, -0.05) is 17.7 Å². The molecule has 0 amide bonds. The zero-order valence-electron chi connectivity index (χ0n) is 7.84. The summed E-state index contributed by atoms with van der Waals surface area (Å²) in [5.74, 6) is 0. The van der Waals surface area contributed by atoms with E-state index in [1.165, 1.54) is 6.20 Å². The Hall–Kier alpha value is -1.45. The normalized spacial score (nSPS) is 12.4. The second-order valence-corrected chi connectivity index (χ2v) is 3.53. The molecule has 0 spiro atoms. The summed E-state index contributed by atoms with van der Waals surface area (Å²) in [5, 5.41) is 10.5. The van der Waals surface area contributed by atoms with Crippen molar-refractivity contribution in [3.63, 3.8) is 0 Å². The van der Waals surface area contributed by atoms with Gasteiger partial charge in [0.15, 0.2) is 0 Å². The van der Waals surface area contributed by atoms with Crippen LogP contribution in [0.1, 0.15) is 17.4 Å². The van der Waals surface area contributed by atoms with Gasteiger partial charge in [-0.2, -0.15) is 0 Å². The zero-order chi connectivity index (χ0) is 10.7. The molecular formula is C11H9ClN2O. The maximum Gasteiger partial charge on any atom is 0.122 e. The van der Waals surface area contributed by atoms with Crippen molar-refractivity contribution in [1.29, 1.82) is 0 Å². The molecule has 1 N–H and O–H groups in total. The number of nitrogens with zero attached hydrogens (tertiary/aromatic N) is 2. The number of aliphatic hydroxyl groups is 1. The molecule has 1 atom stereocenters. The van der Waals surface area contributed by atoms with Crippen molar-refractivity contribution in [3.8, 4) is 0 Å². The third-order valence-corrected chi connectivity index (χ3v) is 2.25. The first-order valence-electron chi connectivity index (χ1n) is 4.47. The lowest BCUT2D eigenvalue weighted by molar-refractivity contribution is 0.215. The van der Waals surface area contributed by atoms with Gasteiger partial charge in [0.05, 0.1) is 10.7 Å². The predicted octanol–water partition coefficient (Wildman–Crippen LogP) is 2.21. The summed E-state index contributed by atoms with van der Waals surface area (Å²) in [6.07, 6.45) is 4.03. The number of hydrogen-bond donors (Lipinski definition) is 1. The minimum Gasteiger partial charge on any atom is -0.382 e. The molecule has 2 rings (SSSR count). The van der Waals surface area contributed by atoms with Crippen molar-refractivity contribution in [2.45, 2.75) is 6.10 Å². The van der Waals surface area contributed by atoms with Crippen LogP contribution in [0.25, 0.3) is 0 Å². The van der Waals surface area contributed by atoms with Crippen molar-refractivity contribution in [2.75, 3.05) is 0 Å². The molecule has 0 bridgehead atoms. The zero-order valence-corrected chi connectivity index (χ0v) is 8.59. The van der Waals surface area contributed by atoms with Crippen molar-refractivity contribution in [3.05, 3.63) is 59.1 Å². The van der Waals surface area contributed by atoms with Gasteiger partial charge < -0.3 is 5.11 Å². The van der Waals surface area contributed by atoms with Crippen LogP contribution in [0.2, 0.25) is 5.02 Å².